The van der Waals surface area contributed by atoms with E-state index in [0.717, 1.165) is 43.7 Å². The van der Waals surface area contributed by atoms with Crippen molar-refractivity contribution in [2.75, 3.05) is 39.0 Å². The van der Waals surface area contributed by atoms with Crippen LogP contribution in [0.1, 0.15) is 23.5 Å². The number of likely N-dealkylation sites (tertiary alicyclic amines) is 1. The van der Waals surface area contributed by atoms with E-state index in [4.69, 9.17) is 4.74 Å². The highest BCUT2D eigenvalue weighted by Gasteiger charge is 2.38. The second-order valence-corrected chi connectivity index (χ2v) is 10.6. The highest BCUT2D eigenvalue weighted by molar-refractivity contribution is 7.89. The molecule has 1 heterocycles. The van der Waals surface area contributed by atoms with Crippen molar-refractivity contribution in [3.8, 4) is 5.75 Å². The summed E-state index contributed by atoms with van der Waals surface area (Å²) in [6.45, 7) is 4.80. The molecule has 2 atom stereocenters. The molecule has 1 aliphatic carbocycles. The average Bonchev–Trinajstić information content (AvgIpc) is 3.49. The number of nitrogens with one attached hydrogen (secondary N) is 2. The molecule has 0 aromatic heterocycles. The van der Waals surface area contributed by atoms with Crippen LogP contribution >= 0.6 is 0 Å². The number of rotatable bonds is 11. The van der Waals surface area contributed by atoms with Crippen LogP contribution in [0, 0.1) is 5.92 Å². The van der Waals surface area contributed by atoms with Crippen LogP contribution in [0.2, 0.25) is 0 Å². The van der Waals surface area contributed by atoms with Gasteiger partial charge in [0.05, 0.1) is 12.7 Å². The lowest BCUT2D eigenvalue weighted by Crippen LogP contribution is -2.52. The fourth-order valence-electron chi connectivity index (χ4n) is 4.22. The third-order valence-electron chi connectivity index (χ3n) is 5.98. The Kier molecular flexibility index (Phi) is 7.13. The van der Waals surface area contributed by atoms with Crippen LogP contribution in [0.15, 0.2) is 54.6 Å². The average molecular weight is 458 g/mol. The predicted molar refractivity (Wildman–Crippen MR) is 124 cm³/mol. The number of nitrogens with zero attached hydrogens (tertiary/aromatic N) is 1. The molecular formula is C24H31N3O4S. The van der Waals surface area contributed by atoms with Gasteiger partial charge < -0.3 is 10.1 Å². The van der Waals surface area contributed by atoms with Gasteiger partial charge in [-0.1, -0.05) is 42.5 Å². The fraction of sp³-hybridized carbons (Fsp3) is 0.458. The van der Waals surface area contributed by atoms with Crippen LogP contribution in [-0.2, 0) is 21.2 Å². The van der Waals surface area contributed by atoms with Crippen LogP contribution in [0.4, 0.5) is 0 Å². The summed E-state index contributed by atoms with van der Waals surface area (Å²) in [6.07, 6.45) is 2.23. The molecule has 2 N–H and O–H groups in total. The maximum absolute atomic E-state index is 11.7. The molecule has 1 saturated heterocycles. The second kappa shape index (κ2) is 10.0. The van der Waals surface area contributed by atoms with Crippen molar-refractivity contribution in [2.24, 2.45) is 5.92 Å². The van der Waals surface area contributed by atoms with E-state index in [1.807, 2.05) is 16.9 Å². The van der Waals surface area contributed by atoms with Crippen molar-refractivity contribution >= 4 is 15.9 Å². The van der Waals surface area contributed by atoms with Crippen molar-refractivity contribution in [3.05, 3.63) is 65.7 Å². The van der Waals surface area contributed by atoms with E-state index in [1.54, 1.807) is 12.1 Å². The summed E-state index contributed by atoms with van der Waals surface area (Å²) in [5.74, 6) is 1.60. The number of hydrogen-bond acceptors (Lipinski definition) is 6. The van der Waals surface area contributed by atoms with E-state index >= 15 is 0 Å². The van der Waals surface area contributed by atoms with Gasteiger partial charge in [0.25, 0.3) is 0 Å². The van der Waals surface area contributed by atoms with Gasteiger partial charge >= 0.3 is 0 Å². The van der Waals surface area contributed by atoms with Gasteiger partial charge in [0.15, 0.2) is 0 Å². The maximum Gasteiger partial charge on any atom is 0.237 e. The van der Waals surface area contributed by atoms with Crippen LogP contribution in [0.3, 0.4) is 0 Å². The largest absolute Gasteiger partial charge is 0.492 e. The molecule has 0 spiro atoms. The van der Waals surface area contributed by atoms with Crippen molar-refractivity contribution in [1.29, 1.82) is 0 Å². The van der Waals surface area contributed by atoms with Gasteiger partial charge in [-0.15, -0.1) is 0 Å². The first-order valence-electron chi connectivity index (χ1n) is 11.1. The van der Waals surface area contributed by atoms with Crippen LogP contribution < -0.4 is 14.8 Å². The Morgan fingerprint density at radius 3 is 2.50 bits per heavy atom. The number of ether oxygens (including phenoxy) is 1. The summed E-state index contributed by atoms with van der Waals surface area (Å²) in [5, 5.41) is 3.72. The van der Waals surface area contributed by atoms with E-state index in [2.05, 4.69) is 40.5 Å². The Balaban J connectivity index is 1.07. The molecule has 0 bridgehead atoms. The van der Waals surface area contributed by atoms with Gasteiger partial charge in [0.2, 0.25) is 15.9 Å². The van der Waals surface area contributed by atoms with Crippen molar-refractivity contribution in [2.45, 2.75) is 24.8 Å². The number of carbonyl (C=O) groups excluding carboxylic acids is 1. The molecule has 172 valence electrons. The second-order valence-electron chi connectivity index (χ2n) is 8.86. The first-order valence-corrected chi connectivity index (χ1v) is 13.0. The molecule has 0 radical (unpaired) electrons. The zero-order chi connectivity index (χ0) is 22.6. The summed E-state index contributed by atoms with van der Waals surface area (Å²) < 4.78 is 29.9. The standard InChI is InChI=1S/C24H31N3O4S/c1-32(29,30)26-24(28)13-18-7-9-21(10-8-18)31-12-11-27-16-19(17-27)15-25-23-14-22(23)20-5-3-2-4-6-20/h2-10,19,22-23,25H,11-17H2,1H3,(H,26,28)/t22-,23+/m0/s1. The number of benzene rings is 2. The van der Waals surface area contributed by atoms with Gasteiger partial charge in [0, 0.05) is 38.1 Å². The molecule has 0 unspecified atom stereocenters. The summed E-state index contributed by atoms with van der Waals surface area (Å²) >= 11 is 0. The Morgan fingerprint density at radius 2 is 1.81 bits per heavy atom. The normalized spacial score (nSPS) is 21.0. The molecule has 4 rings (SSSR count). The third-order valence-corrected chi connectivity index (χ3v) is 6.58. The van der Waals surface area contributed by atoms with Crippen LogP contribution in [0.25, 0.3) is 0 Å². The molecule has 1 amide bonds. The molecule has 7 nitrogen and oxygen atoms in total. The third kappa shape index (κ3) is 6.79. The van der Waals surface area contributed by atoms with Crippen molar-refractivity contribution in [3.63, 3.8) is 0 Å². The lowest BCUT2D eigenvalue weighted by molar-refractivity contribution is -0.118. The van der Waals surface area contributed by atoms with Crippen LogP contribution in [-0.4, -0.2) is 64.3 Å². The first-order chi connectivity index (χ1) is 15.4. The minimum atomic E-state index is -3.52. The van der Waals surface area contributed by atoms with E-state index < -0.39 is 15.9 Å². The lowest BCUT2D eigenvalue weighted by Gasteiger charge is -2.39. The zero-order valence-electron chi connectivity index (χ0n) is 18.4. The Morgan fingerprint density at radius 1 is 1.09 bits per heavy atom. The minimum absolute atomic E-state index is 0.0174. The molecule has 2 aromatic rings. The van der Waals surface area contributed by atoms with E-state index in [1.165, 1.54) is 12.0 Å². The summed E-state index contributed by atoms with van der Waals surface area (Å²) in [6, 6.07) is 18.6. The van der Waals surface area contributed by atoms with Crippen molar-refractivity contribution < 1.29 is 17.9 Å². The predicted octanol–water partition coefficient (Wildman–Crippen LogP) is 1.76. The fourth-order valence-corrected chi connectivity index (χ4v) is 4.71. The molecule has 1 saturated carbocycles. The Labute approximate surface area is 190 Å². The molecule has 32 heavy (non-hydrogen) atoms. The summed E-state index contributed by atoms with van der Waals surface area (Å²) in [5.41, 5.74) is 2.18. The zero-order valence-corrected chi connectivity index (χ0v) is 19.2. The molecular weight excluding hydrogens is 426 g/mol. The van der Waals surface area contributed by atoms with Gasteiger partial charge in [-0.3, -0.25) is 14.4 Å². The Bertz CT molecular complexity index is 1010. The topological polar surface area (TPSA) is 87.7 Å². The highest BCUT2D eigenvalue weighted by Crippen LogP contribution is 2.40. The molecule has 8 heteroatoms. The Hall–Kier alpha value is -2.42. The lowest BCUT2D eigenvalue weighted by atomic mass is 10.0. The molecule has 2 fully saturated rings. The molecule has 2 aliphatic rings. The first kappa shape index (κ1) is 22.8. The SMILES string of the molecule is CS(=O)(=O)NC(=O)Cc1ccc(OCCN2CC(CN[C@@H]3C[C@H]3c3ccccc3)C2)cc1. The summed E-state index contributed by atoms with van der Waals surface area (Å²) in [7, 11) is -3.52. The monoisotopic (exact) mass is 457 g/mol. The maximum atomic E-state index is 11.7. The number of hydrogen-bond donors (Lipinski definition) is 2. The summed E-state index contributed by atoms with van der Waals surface area (Å²) in [4.78, 5) is 14.1. The van der Waals surface area contributed by atoms with Gasteiger partial charge in [-0.05, 0) is 35.6 Å². The number of carbonyl (C=O) groups is 1. The van der Waals surface area contributed by atoms with Gasteiger partial charge in [-0.2, -0.15) is 0 Å². The van der Waals surface area contributed by atoms with E-state index in [-0.39, 0.29) is 6.42 Å². The van der Waals surface area contributed by atoms with E-state index in [0.29, 0.717) is 24.5 Å². The van der Waals surface area contributed by atoms with Gasteiger partial charge in [-0.25, -0.2) is 8.42 Å². The number of sulfonamides is 1. The van der Waals surface area contributed by atoms with Crippen molar-refractivity contribution in [1.82, 2.24) is 14.9 Å². The highest BCUT2D eigenvalue weighted by atomic mass is 32.2. The van der Waals surface area contributed by atoms with Crippen LogP contribution in [0.5, 0.6) is 5.75 Å². The quantitative estimate of drug-likeness (QED) is 0.535. The molecule has 2 aromatic carbocycles. The minimum Gasteiger partial charge on any atom is -0.492 e. The number of amides is 1. The molecule has 1 aliphatic heterocycles. The smallest absolute Gasteiger partial charge is 0.237 e. The van der Waals surface area contributed by atoms with Gasteiger partial charge in [0.1, 0.15) is 12.4 Å². The van der Waals surface area contributed by atoms with E-state index in [9.17, 15) is 13.2 Å².